The first kappa shape index (κ1) is 17.8. The van der Waals surface area contributed by atoms with E-state index in [1.165, 1.54) is 0 Å². The van der Waals surface area contributed by atoms with E-state index in [4.69, 9.17) is 10.00 Å². The molecule has 5 heteroatoms. The molecule has 0 bridgehead atoms. The molecule has 2 N–H and O–H groups in total. The molecule has 0 aromatic heterocycles. The van der Waals surface area contributed by atoms with Crippen LogP contribution in [0, 0.1) is 11.3 Å². The molecule has 5 nitrogen and oxygen atoms in total. The van der Waals surface area contributed by atoms with Gasteiger partial charge < -0.3 is 15.4 Å². The van der Waals surface area contributed by atoms with Crippen LogP contribution in [0.3, 0.4) is 0 Å². The van der Waals surface area contributed by atoms with Gasteiger partial charge in [-0.05, 0) is 68.1 Å². The molecule has 0 saturated carbocycles. The lowest BCUT2D eigenvalue weighted by Crippen LogP contribution is -2.41. The maximum Gasteiger partial charge on any atom is 0.323 e. The van der Waals surface area contributed by atoms with Gasteiger partial charge in [0.25, 0.3) is 0 Å². The molecule has 0 saturated heterocycles. The van der Waals surface area contributed by atoms with Gasteiger partial charge in [0.15, 0.2) is 0 Å². The van der Waals surface area contributed by atoms with Crippen molar-refractivity contribution < 1.29 is 9.53 Å². The van der Waals surface area contributed by atoms with Crippen molar-refractivity contribution in [3.63, 3.8) is 0 Å². The van der Waals surface area contributed by atoms with Gasteiger partial charge in [-0.2, -0.15) is 5.26 Å². The Morgan fingerprint density at radius 1 is 1.04 bits per heavy atom. The Bertz CT molecular complexity index is 877. The van der Waals surface area contributed by atoms with E-state index in [0.717, 1.165) is 17.7 Å². The fourth-order valence-corrected chi connectivity index (χ4v) is 3.64. The van der Waals surface area contributed by atoms with Crippen LogP contribution in [0.2, 0.25) is 0 Å². The van der Waals surface area contributed by atoms with E-state index in [1.54, 1.807) is 24.3 Å². The lowest BCUT2D eigenvalue weighted by molar-refractivity contribution is 0.0535. The van der Waals surface area contributed by atoms with Crippen LogP contribution in [0.15, 0.2) is 42.5 Å². The second-order valence-electron chi connectivity index (χ2n) is 7.90. The van der Waals surface area contributed by atoms with Crippen LogP contribution in [-0.4, -0.2) is 11.6 Å². The number of carbonyl (C=O) groups excluding carboxylic acids is 1. The maximum atomic E-state index is 12.3. The number of rotatable bonds is 2. The van der Waals surface area contributed by atoms with Gasteiger partial charge >= 0.3 is 6.03 Å². The number of nitrogens with one attached hydrogen (secondary N) is 2. The van der Waals surface area contributed by atoms with Crippen molar-refractivity contribution in [2.75, 3.05) is 10.6 Å². The standard InChI is InChI=1S/C21H23N3O2/c1-20(2)13-21(3,4)26-18-10-9-16(11-17(18)20)24-19(25)23-15-7-5-14(12-22)6-8-15/h5-11H,13H2,1-4H3,(H2,23,24,25). The number of hydrogen-bond acceptors (Lipinski definition) is 3. The zero-order valence-electron chi connectivity index (χ0n) is 15.5. The second-order valence-corrected chi connectivity index (χ2v) is 7.90. The van der Waals surface area contributed by atoms with Crippen LogP contribution >= 0.6 is 0 Å². The monoisotopic (exact) mass is 349 g/mol. The Morgan fingerprint density at radius 2 is 1.65 bits per heavy atom. The van der Waals surface area contributed by atoms with Crippen LogP contribution in [0.25, 0.3) is 0 Å². The maximum absolute atomic E-state index is 12.3. The van der Waals surface area contributed by atoms with Crippen LogP contribution in [0.5, 0.6) is 5.75 Å². The van der Waals surface area contributed by atoms with Crippen molar-refractivity contribution >= 4 is 17.4 Å². The summed E-state index contributed by atoms with van der Waals surface area (Å²) in [4.78, 5) is 12.3. The first-order valence-corrected chi connectivity index (χ1v) is 8.60. The number of anilines is 2. The topological polar surface area (TPSA) is 74.2 Å². The minimum Gasteiger partial charge on any atom is -0.488 e. The summed E-state index contributed by atoms with van der Waals surface area (Å²) in [7, 11) is 0. The summed E-state index contributed by atoms with van der Waals surface area (Å²) in [5.41, 5.74) is 2.73. The lowest BCUT2D eigenvalue weighted by atomic mass is 9.73. The molecule has 1 aliphatic rings. The van der Waals surface area contributed by atoms with Gasteiger partial charge in [0.1, 0.15) is 11.4 Å². The SMILES string of the molecule is CC1(C)CC(C)(C)c2cc(NC(=O)Nc3ccc(C#N)cc3)ccc2O1. The predicted molar refractivity (Wildman–Crippen MR) is 103 cm³/mol. The van der Waals surface area contributed by atoms with Gasteiger partial charge in [-0.1, -0.05) is 13.8 Å². The van der Waals surface area contributed by atoms with Crippen molar-refractivity contribution in [1.29, 1.82) is 5.26 Å². The molecule has 0 unspecified atom stereocenters. The molecule has 3 rings (SSSR count). The predicted octanol–water partition coefficient (Wildman–Crippen LogP) is 5.04. The minimum atomic E-state index is -0.329. The van der Waals surface area contributed by atoms with Crippen molar-refractivity contribution in [2.45, 2.75) is 45.1 Å². The molecule has 2 amide bonds. The molecule has 26 heavy (non-hydrogen) atoms. The van der Waals surface area contributed by atoms with Gasteiger partial charge in [-0.15, -0.1) is 0 Å². The highest BCUT2D eigenvalue weighted by molar-refractivity contribution is 5.99. The van der Waals surface area contributed by atoms with E-state index < -0.39 is 0 Å². The summed E-state index contributed by atoms with van der Waals surface area (Å²) in [6.45, 7) is 8.57. The number of amides is 2. The van der Waals surface area contributed by atoms with Gasteiger partial charge in [-0.25, -0.2) is 4.79 Å². The fourth-order valence-electron chi connectivity index (χ4n) is 3.64. The Kier molecular flexibility index (Phi) is 4.37. The third kappa shape index (κ3) is 3.80. The van der Waals surface area contributed by atoms with Crippen molar-refractivity contribution in [1.82, 2.24) is 0 Å². The number of ether oxygens (including phenoxy) is 1. The van der Waals surface area contributed by atoms with Crippen LogP contribution in [0.1, 0.15) is 45.2 Å². The smallest absolute Gasteiger partial charge is 0.323 e. The number of nitrogens with zero attached hydrogens (tertiary/aromatic N) is 1. The first-order valence-electron chi connectivity index (χ1n) is 8.60. The van der Waals surface area contributed by atoms with E-state index in [1.807, 2.05) is 24.3 Å². The largest absolute Gasteiger partial charge is 0.488 e. The summed E-state index contributed by atoms with van der Waals surface area (Å²) < 4.78 is 6.08. The number of hydrogen-bond donors (Lipinski definition) is 2. The van der Waals surface area contributed by atoms with Crippen molar-refractivity contribution in [3.05, 3.63) is 53.6 Å². The van der Waals surface area contributed by atoms with E-state index in [-0.39, 0.29) is 17.0 Å². The second kappa shape index (κ2) is 6.38. The Labute approximate surface area is 154 Å². The van der Waals surface area contributed by atoms with E-state index in [0.29, 0.717) is 16.9 Å². The quantitative estimate of drug-likeness (QED) is 0.797. The number of carbonyl (C=O) groups is 1. The van der Waals surface area contributed by atoms with Gasteiger partial charge in [0.05, 0.1) is 11.6 Å². The Morgan fingerprint density at radius 3 is 2.31 bits per heavy atom. The third-order valence-corrected chi connectivity index (χ3v) is 4.49. The lowest BCUT2D eigenvalue weighted by Gasteiger charge is -2.42. The first-order chi connectivity index (χ1) is 12.2. The summed E-state index contributed by atoms with van der Waals surface area (Å²) in [5, 5.41) is 14.4. The molecule has 2 aromatic carbocycles. The van der Waals surface area contributed by atoms with Crippen molar-refractivity contribution in [3.8, 4) is 11.8 Å². The Hall–Kier alpha value is -3.00. The number of urea groups is 1. The molecule has 1 heterocycles. The molecule has 2 aromatic rings. The summed E-state index contributed by atoms with van der Waals surface area (Å²) in [5.74, 6) is 0.865. The molecule has 0 spiro atoms. The number of nitriles is 1. The summed E-state index contributed by atoms with van der Waals surface area (Å²) in [6.07, 6.45) is 0.897. The van der Waals surface area contributed by atoms with Gasteiger partial charge in [0.2, 0.25) is 0 Å². The summed E-state index contributed by atoms with van der Waals surface area (Å²) in [6, 6.07) is 14.2. The van der Waals surface area contributed by atoms with Gasteiger partial charge in [0, 0.05) is 16.9 Å². The molecule has 0 atom stereocenters. The van der Waals surface area contributed by atoms with E-state index >= 15 is 0 Å². The fraction of sp³-hybridized carbons (Fsp3) is 0.333. The van der Waals surface area contributed by atoms with Crippen molar-refractivity contribution in [2.24, 2.45) is 0 Å². The minimum absolute atomic E-state index is 0.0433. The summed E-state index contributed by atoms with van der Waals surface area (Å²) >= 11 is 0. The molecule has 0 fully saturated rings. The van der Waals surface area contributed by atoms with E-state index in [2.05, 4.69) is 38.3 Å². The number of benzene rings is 2. The molecular formula is C21H23N3O2. The van der Waals surface area contributed by atoms with Crippen LogP contribution in [-0.2, 0) is 5.41 Å². The highest BCUT2D eigenvalue weighted by Gasteiger charge is 2.38. The highest BCUT2D eigenvalue weighted by Crippen LogP contribution is 2.45. The Balaban J connectivity index is 1.74. The zero-order chi connectivity index (χ0) is 18.9. The average molecular weight is 349 g/mol. The van der Waals surface area contributed by atoms with Crippen LogP contribution < -0.4 is 15.4 Å². The average Bonchev–Trinajstić information content (AvgIpc) is 2.54. The molecule has 134 valence electrons. The molecule has 0 aliphatic carbocycles. The van der Waals surface area contributed by atoms with Crippen LogP contribution in [0.4, 0.5) is 16.2 Å². The molecule has 1 aliphatic heterocycles. The normalized spacial score (nSPS) is 16.6. The highest BCUT2D eigenvalue weighted by atomic mass is 16.5. The van der Waals surface area contributed by atoms with E-state index in [9.17, 15) is 4.79 Å². The van der Waals surface area contributed by atoms with Gasteiger partial charge in [-0.3, -0.25) is 0 Å². The molecular weight excluding hydrogens is 326 g/mol. The molecule has 0 radical (unpaired) electrons. The zero-order valence-corrected chi connectivity index (χ0v) is 15.5. The third-order valence-electron chi connectivity index (χ3n) is 4.49. The number of fused-ring (bicyclic) bond motifs is 1.